The largest absolute Gasteiger partial charge is 0.323 e. The molecule has 0 unspecified atom stereocenters. The molecule has 3 aromatic carbocycles. The highest BCUT2D eigenvalue weighted by Crippen LogP contribution is 2.28. The van der Waals surface area contributed by atoms with E-state index in [1.54, 1.807) is 24.3 Å². The van der Waals surface area contributed by atoms with Crippen molar-refractivity contribution in [1.82, 2.24) is 4.31 Å². The molecule has 0 aromatic heterocycles. The zero-order valence-corrected chi connectivity index (χ0v) is 22.2. The van der Waals surface area contributed by atoms with Gasteiger partial charge >= 0.3 is 6.03 Å². The summed E-state index contributed by atoms with van der Waals surface area (Å²) in [5, 5.41) is 5.39. The van der Waals surface area contributed by atoms with Gasteiger partial charge in [-0.25, -0.2) is 13.2 Å². The Morgan fingerprint density at radius 1 is 0.811 bits per heavy atom. The molecule has 1 heterocycles. The third-order valence-corrected chi connectivity index (χ3v) is 9.34. The minimum absolute atomic E-state index is 0.0278. The lowest BCUT2D eigenvalue weighted by atomic mass is 10.2. The van der Waals surface area contributed by atoms with Crippen LogP contribution in [0.3, 0.4) is 0 Å². The van der Waals surface area contributed by atoms with Crippen LogP contribution in [-0.2, 0) is 24.3 Å². The Labute approximate surface area is 217 Å². The van der Waals surface area contributed by atoms with Gasteiger partial charge in [-0.2, -0.15) is 12.7 Å². The van der Waals surface area contributed by atoms with Crippen molar-refractivity contribution in [2.45, 2.75) is 42.5 Å². The van der Waals surface area contributed by atoms with E-state index in [9.17, 15) is 21.6 Å². The van der Waals surface area contributed by atoms with Crippen molar-refractivity contribution in [3.05, 3.63) is 83.9 Å². The van der Waals surface area contributed by atoms with E-state index in [0.717, 1.165) is 11.1 Å². The normalized spacial score (nSPS) is 16.4. The van der Waals surface area contributed by atoms with Crippen LogP contribution in [0.15, 0.2) is 82.6 Å². The fourth-order valence-corrected chi connectivity index (χ4v) is 6.63. The van der Waals surface area contributed by atoms with Gasteiger partial charge < -0.3 is 10.6 Å². The first-order valence-electron chi connectivity index (χ1n) is 11.8. The van der Waals surface area contributed by atoms with Gasteiger partial charge in [-0.3, -0.25) is 4.18 Å². The Morgan fingerprint density at radius 2 is 1.30 bits per heavy atom. The Morgan fingerprint density at radius 3 is 1.86 bits per heavy atom. The number of benzene rings is 3. The smallest absolute Gasteiger partial charge is 0.308 e. The second kappa shape index (κ2) is 11.0. The fraction of sp³-hybridized carbons (Fsp3) is 0.269. The van der Waals surface area contributed by atoms with Crippen LogP contribution in [0, 0.1) is 13.8 Å². The molecule has 2 N–H and O–H groups in total. The molecule has 37 heavy (non-hydrogen) atoms. The monoisotopic (exact) mass is 543 g/mol. The number of hydrogen-bond donors (Lipinski definition) is 2. The number of rotatable bonds is 8. The van der Waals surface area contributed by atoms with E-state index in [4.69, 9.17) is 4.18 Å². The molecule has 196 valence electrons. The molecule has 1 fully saturated rings. The van der Waals surface area contributed by atoms with Gasteiger partial charge in [0.15, 0.2) is 0 Å². The Balaban J connectivity index is 1.39. The first-order valence-corrected chi connectivity index (χ1v) is 14.6. The third kappa shape index (κ3) is 6.55. The Bertz CT molecular complexity index is 1450. The Kier molecular flexibility index (Phi) is 7.98. The predicted octanol–water partition coefficient (Wildman–Crippen LogP) is 4.51. The lowest BCUT2D eigenvalue weighted by molar-refractivity contribution is 0.237. The Hall–Kier alpha value is -3.25. The number of amides is 2. The average Bonchev–Trinajstić information content (AvgIpc) is 3.35. The second-order valence-corrected chi connectivity index (χ2v) is 12.4. The number of nitrogens with zero attached hydrogens (tertiary/aromatic N) is 1. The number of carbonyl (C=O) groups excluding carboxylic acids is 1. The van der Waals surface area contributed by atoms with Crippen LogP contribution in [0.2, 0.25) is 0 Å². The maximum atomic E-state index is 13.3. The zero-order chi connectivity index (χ0) is 26.6. The summed E-state index contributed by atoms with van der Waals surface area (Å²) < 4.78 is 58.2. The number of nitrogens with one attached hydrogen (secondary N) is 2. The van der Waals surface area contributed by atoms with Crippen molar-refractivity contribution in [1.29, 1.82) is 0 Å². The van der Waals surface area contributed by atoms with Gasteiger partial charge in [0, 0.05) is 17.9 Å². The van der Waals surface area contributed by atoms with Crippen molar-refractivity contribution in [2.75, 3.05) is 23.8 Å². The summed E-state index contributed by atoms with van der Waals surface area (Å²) in [5.74, 6) is 0. The topological polar surface area (TPSA) is 122 Å². The van der Waals surface area contributed by atoms with Gasteiger partial charge in [0.1, 0.15) is 0 Å². The van der Waals surface area contributed by atoms with Crippen molar-refractivity contribution >= 4 is 37.5 Å². The van der Waals surface area contributed by atoms with E-state index in [1.807, 2.05) is 26.0 Å². The van der Waals surface area contributed by atoms with E-state index in [2.05, 4.69) is 10.6 Å². The van der Waals surface area contributed by atoms with E-state index in [0.29, 0.717) is 24.2 Å². The summed E-state index contributed by atoms with van der Waals surface area (Å²) in [4.78, 5) is 12.3. The number of anilines is 2. The first kappa shape index (κ1) is 26.8. The number of carbonyl (C=O) groups is 1. The number of urea groups is 1. The predicted molar refractivity (Wildman–Crippen MR) is 141 cm³/mol. The minimum atomic E-state index is -4.01. The van der Waals surface area contributed by atoms with Gasteiger partial charge in [-0.1, -0.05) is 35.4 Å². The van der Waals surface area contributed by atoms with Gasteiger partial charge in [0.05, 0.1) is 22.4 Å². The van der Waals surface area contributed by atoms with Gasteiger partial charge in [0.25, 0.3) is 10.1 Å². The summed E-state index contributed by atoms with van der Waals surface area (Å²) >= 11 is 0. The standard InChI is InChI=1S/C26H29N3O6S2/c1-19-5-9-21(10-6-19)27-26(30)28-22-11-15-24(16-12-22)36(31,32)29-17-3-4-23(29)18-35-37(33,34)25-13-7-20(2)8-14-25/h5-16,23H,3-4,17-18H2,1-2H3,(H2,27,28,30)/t23-/m0/s1. The average molecular weight is 544 g/mol. The maximum absolute atomic E-state index is 13.3. The quantitative estimate of drug-likeness (QED) is 0.403. The molecule has 1 saturated heterocycles. The van der Waals surface area contributed by atoms with E-state index in [1.165, 1.54) is 40.7 Å². The van der Waals surface area contributed by atoms with Crippen molar-refractivity contribution in [2.24, 2.45) is 0 Å². The molecular weight excluding hydrogens is 514 g/mol. The summed E-state index contributed by atoms with van der Waals surface area (Å²) in [6.45, 7) is 3.79. The van der Waals surface area contributed by atoms with E-state index < -0.39 is 32.2 Å². The van der Waals surface area contributed by atoms with Crippen molar-refractivity contribution < 1.29 is 25.8 Å². The first-order chi connectivity index (χ1) is 17.5. The molecule has 11 heteroatoms. The summed E-state index contributed by atoms with van der Waals surface area (Å²) in [6.07, 6.45) is 1.08. The number of sulfonamides is 1. The highest BCUT2D eigenvalue weighted by molar-refractivity contribution is 7.89. The number of hydrogen-bond acceptors (Lipinski definition) is 6. The van der Waals surface area contributed by atoms with Crippen molar-refractivity contribution in [3.8, 4) is 0 Å². The van der Waals surface area contributed by atoms with Crippen LogP contribution in [0.4, 0.5) is 16.2 Å². The van der Waals surface area contributed by atoms with Crippen LogP contribution in [0.5, 0.6) is 0 Å². The van der Waals surface area contributed by atoms with E-state index in [-0.39, 0.29) is 22.9 Å². The number of aryl methyl sites for hydroxylation is 2. The van der Waals surface area contributed by atoms with Crippen LogP contribution >= 0.6 is 0 Å². The lowest BCUT2D eigenvalue weighted by Crippen LogP contribution is -2.38. The van der Waals surface area contributed by atoms with Crippen LogP contribution < -0.4 is 10.6 Å². The molecule has 1 aliphatic rings. The zero-order valence-electron chi connectivity index (χ0n) is 20.5. The van der Waals surface area contributed by atoms with Gasteiger partial charge in [-0.05, 0) is 75.2 Å². The molecule has 4 rings (SSSR count). The lowest BCUT2D eigenvalue weighted by Gasteiger charge is -2.24. The molecule has 0 saturated carbocycles. The SMILES string of the molecule is Cc1ccc(NC(=O)Nc2ccc(S(=O)(=O)N3CCC[C@H]3COS(=O)(=O)c3ccc(C)cc3)cc2)cc1. The molecule has 9 nitrogen and oxygen atoms in total. The molecule has 0 radical (unpaired) electrons. The molecule has 3 aromatic rings. The van der Waals surface area contributed by atoms with Crippen molar-refractivity contribution in [3.63, 3.8) is 0 Å². The summed E-state index contributed by atoms with van der Waals surface area (Å²) in [6, 6.07) is 18.4. The molecule has 0 spiro atoms. The molecule has 2 amide bonds. The van der Waals surface area contributed by atoms with E-state index >= 15 is 0 Å². The molecule has 1 aliphatic heterocycles. The third-order valence-electron chi connectivity index (χ3n) is 6.08. The molecule has 0 bridgehead atoms. The van der Waals surface area contributed by atoms with Crippen LogP contribution in [0.25, 0.3) is 0 Å². The van der Waals surface area contributed by atoms with Crippen LogP contribution in [-0.4, -0.2) is 46.4 Å². The molecule has 0 aliphatic carbocycles. The highest BCUT2D eigenvalue weighted by atomic mass is 32.2. The second-order valence-electron chi connectivity index (χ2n) is 8.93. The summed E-state index contributed by atoms with van der Waals surface area (Å²) in [5.41, 5.74) is 3.05. The van der Waals surface area contributed by atoms with Gasteiger partial charge in [0.2, 0.25) is 10.0 Å². The molecule has 1 atom stereocenters. The highest BCUT2D eigenvalue weighted by Gasteiger charge is 2.36. The molecular formula is C26H29N3O6S2. The minimum Gasteiger partial charge on any atom is -0.308 e. The van der Waals surface area contributed by atoms with Crippen LogP contribution in [0.1, 0.15) is 24.0 Å². The maximum Gasteiger partial charge on any atom is 0.323 e. The summed E-state index contributed by atoms with van der Waals surface area (Å²) in [7, 11) is -7.90. The fourth-order valence-electron chi connectivity index (χ4n) is 4.01. The van der Waals surface area contributed by atoms with Gasteiger partial charge in [-0.15, -0.1) is 0 Å².